The van der Waals surface area contributed by atoms with Crippen LogP contribution in [-0.4, -0.2) is 14.8 Å². The highest BCUT2D eigenvalue weighted by Crippen LogP contribution is 2.27. The van der Waals surface area contributed by atoms with E-state index in [0.29, 0.717) is 17.8 Å². The van der Waals surface area contributed by atoms with Crippen LogP contribution in [0.3, 0.4) is 0 Å². The molecule has 100 valence electrons. The second-order valence-electron chi connectivity index (χ2n) is 4.03. The Kier molecular flexibility index (Phi) is 4.16. The fourth-order valence-electron chi connectivity index (χ4n) is 1.64. The lowest BCUT2D eigenvalue weighted by atomic mass is 10.2. The number of aryl methyl sites for hydroxylation is 1. The van der Waals surface area contributed by atoms with E-state index in [-0.39, 0.29) is 9.46 Å². The van der Waals surface area contributed by atoms with E-state index in [1.54, 1.807) is 23.0 Å². The van der Waals surface area contributed by atoms with Gasteiger partial charge in [0.05, 0.1) is 16.4 Å². The van der Waals surface area contributed by atoms with Crippen molar-refractivity contribution >= 4 is 38.8 Å². The minimum atomic E-state index is -0.408. The van der Waals surface area contributed by atoms with Gasteiger partial charge in [-0.05, 0) is 28.1 Å². The molecule has 0 fully saturated rings. The van der Waals surface area contributed by atoms with Gasteiger partial charge in [-0.1, -0.05) is 12.2 Å². The monoisotopic (exact) mass is 342 g/mol. The molecule has 0 bridgehead atoms. The molecule has 2 aromatic rings. The maximum atomic E-state index is 14.1. The molecule has 0 aliphatic heterocycles. The fourth-order valence-corrected chi connectivity index (χ4v) is 2.50. The van der Waals surface area contributed by atoms with Crippen molar-refractivity contribution in [1.82, 2.24) is 9.78 Å². The van der Waals surface area contributed by atoms with Gasteiger partial charge in [0.2, 0.25) is 0 Å². The molecule has 1 aromatic heterocycles. The Morgan fingerprint density at radius 2 is 2.32 bits per heavy atom. The summed E-state index contributed by atoms with van der Waals surface area (Å²) in [5, 5.41) is 7.05. The van der Waals surface area contributed by atoms with Crippen molar-refractivity contribution in [3.05, 3.63) is 45.9 Å². The van der Waals surface area contributed by atoms with Crippen LogP contribution in [0.25, 0.3) is 0 Å². The number of nitrogens with zero attached hydrogens (tertiary/aromatic N) is 2. The molecule has 1 aromatic carbocycles. The third-order valence-electron chi connectivity index (χ3n) is 2.59. The van der Waals surface area contributed by atoms with E-state index in [1.165, 1.54) is 0 Å². The summed E-state index contributed by atoms with van der Waals surface area (Å²) in [6.45, 7) is 0.490. The number of hydrogen-bond donors (Lipinski definition) is 2. The maximum Gasteiger partial charge on any atom is 0.161 e. The number of nitrogens with one attached hydrogen (secondary N) is 1. The van der Waals surface area contributed by atoms with E-state index in [4.69, 9.17) is 18.0 Å². The molecule has 19 heavy (non-hydrogen) atoms. The molecule has 0 radical (unpaired) electrons. The van der Waals surface area contributed by atoms with E-state index >= 15 is 0 Å². The largest absolute Gasteiger partial charge is 0.389 e. The van der Waals surface area contributed by atoms with Gasteiger partial charge in [-0.25, -0.2) is 4.39 Å². The molecule has 0 aliphatic carbocycles. The normalized spacial score (nSPS) is 10.5. The third kappa shape index (κ3) is 3.10. The van der Waals surface area contributed by atoms with E-state index in [1.807, 2.05) is 13.2 Å². The minimum absolute atomic E-state index is 0.157. The number of halogens is 2. The van der Waals surface area contributed by atoms with Crippen molar-refractivity contribution in [1.29, 1.82) is 0 Å². The Bertz CT molecular complexity index is 626. The number of benzene rings is 1. The van der Waals surface area contributed by atoms with Crippen molar-refractivity contribution in [3.63, 3.8) is 0 Å². The number of rotatable bonds is 4. The zero-order chi connectivity index (χ0) is 14.0. The SMILES string of the molecule is Cn1cc(CNc2ccc(C(N)=S)c(Br)c2F)cn1. The van der Waals surface area contributed by atoms with Crippen LogP contribution in [0.4, 0.5) is 10.1 Å². The average molecular weight is 343 g/mol. The van der Waals surface area contributed by atoms with E-state index < -0.39 is 5.82 Å². The number of nitrogens with two attached hydrogens (primary N) is 1. The highest BCUT2D eigenvalue weighted by molar-refractivity contribution is 9.10. The summed E-state index contributed by atoms with van der Waals surface area (Å²) in [6.07, 6.45) is 3.59. The zero-order valence-electron chi connectivity index (χ0n) is 10.2. The molecular weight excluding hydrogens is 331 g/mol. The maximum absolute atomic E-state index is 14.1. The molecular formula is C12H12BrFN4S. The van der Waals surface area contributed by atoms with Crippen molar-refractivity contribution in [2.24, 2.45) is 12.8 Å². The minimum Gasteiger partial charge on any atom is -0.389 e. The van der Waals surface area contributed by atoms with Gasteiger partial charge in [-0.15, -0.1) is 0 Å². The van der Waals surface area contributed by atoms with Crippen LogP contribution in [0.15, 0.2) is 29.0 Å². The molecule has 1 heterocycles. The second-order valence-corrected chi connectivity index (χ2v) is 5.26. The Labute approximate surface area is 123 Å². The van der Waals surface area contributed by atoms with E-state index in [2.05, 4.69) is 26.3 Å². The first kappa shape index (κ1) is 14.0. The van der Waals surface area contributed by atoms with Crippen LogP contribution in [0, 0.1) is 5.82 Å². The molecule has 7 heteroatoms. The molecule has 0 saturated carbocycles. The molecule has 2 rings (SSSR count). The predicted octanol–water partition coefficient (Wildman–Crippen LogP) is 2.57. The first-order valence-electron chi connectivity index (χ1n) is 5.48. The van der Waals surface area contributed by atoms with Gasteiger partial charge < -0.3 is 11.1 Å². The Balaban J connectivity index is 2.17. The second kappa shape index (κ2) is 5.66. The quantitative estimate of drug-likeness (QED) is 0.838. The summed E-state index contributed by atoms with van der Waals surface area (Å²) < 4.78 is 16.1. The van der Waals surface area contributed by atoms with Crippen molar-refractivity contribution in [2.45, 2.75) is 6.54 Å². The molecule has 0 atom stereocenters. The lowest BCUT2D eigenvalue weighted by Gasteiger charge is -2.10. The lowest BCUT2D eigenvalue weighted by molar-refractivity contribution is 0.623. The number of aromatic nitrogens is 2. The van der Waals surface area contributed by atoms with E-state index in [0.717, 1.165) is 5.56 Å². The van der Waals surface area contributed by atoms with Gasteiger partial charge in [0, 0.05) is 30.9 Å². The highest BCUT2D eigenvalue weighted by Gasteiger charge is 2.12. The van der Waals surface area contributed by atoms with Crippen molar-refractivity contribution in [3.8, 4) is 0 Å². The van der Waals surface area contributed by atoms with Crippen LogP contribution in [-0.2, 0) is 13.6 Å². The van der Waals surface area contributed by atoms with Crippen LogP contribution in [0.2, 0.25) is 0 Å². The average Bonchev–Trinajstić information content (AvgIpc) is 2.76. The molecule has 0 saturated heterocycles. The summed E-state index contributed by atoms with van der Waals surface area (Å²) in [7, 11) is 1.83. The van der Waals surface area contributed by atoms with Gasteiger partial charge >= 0.3 is 0 Å². The molecule has 0 unspecified atom stereocenters. The standard InChI is InChI=1S/C12H12BrFN4S/c1-18-6-7(5-17-18)4-16-9-3-2-8(12(15)19)10(13)11(9)14/h2-3,5-6,16H,4H2,1H3,(H2,15,19). The lowest BCUT2D eigenvalue weighted by Crippen LogP contribution is -2.12. The Morgan fingerprint density at radius 1 is 1.58 bits per heavy atom. The number of anilines is 1. The zero-order valence-corrected chi connectivity index (χ0v) is 12.6. The number of thiocarbonyl (C=S) groups is 1. The molecule has 4 nitrogen and oxygen atoms in total. The number of hydrogen-bond acceptors (Lipinski definition) is 3. The van der Waals surface area contributed by atoms with E-state index in [9.17, 15) is 4.39 Å². The Morgan fingerprint density at radius 3 is 2.89 bits per heavy atom. The molecule has 3 N–H and O–H groups in total. The topological polar surface area (TPSA) is 55.9 Å². The molecule has 0 amide bonds. The first-order chi connectivity index (χ1) is 8.99. The molecule has 0 spiro atoms. The van der Waals surface area contributed by atoms with Gasteiger partial charge in [0.25, 0.3) is 0 Å². The summed E-state index contributed by atoms with van der Waals surface area (Å²) in [6, 6.07) is 3.30. The van der Waals surface area contributed by atoms with Crippen molar-refractivity contribution in [2.75, 3.05) is 5.32 Å². The van der Waals surface area contributed by atoms with Crippen LogP contribution in [0.5, 0.6) is 0 Å². The first-order valence-corrected chi connectivity index (χ1v) is 6.68. The summed E-state index contributed by atoms with van der Waals surface area (Å²) in [5.41, 5.74) is 7.34. The van der Waals surface area contributed by atoms with Gasteiger partial charge in [-0.3, -0.25) is 4.68 Å². The summed E-state index contributed by atoms with van der Waals surface area (Å²) >= 11 is 8.01. The summed E-state index contributed by atoms with van der Waals surface area (Å²) in [5.74, 6) is -0.408. The van der Waals surface area contributed by atoms with Gasteiger partial charge in [0.15, 0.2) is 5.82 Å². The molecule has 0 aliphatic rings. The fraction of sp³-hybridized carbons (Fsp3) is 0.167. The van der Waals surface area contributed by atoms with Gasteiger partial charge in [0.1, 0.15) is 4.99 Å². The van der Waals surface area contributed by atoms with Gasteiger partial charge in [-0.2, -0.15) is 5.10 Å². The third-order valence-corrected chi connectivity index (χ3v) is 3.58. The predicted molar refractivity (Wildman–Crippen MR) is 80.5 cm³/mol. The van der Waals surface area contributed by atoms with Crippen LogP contribution >= 0.6 is 28.1 Å². The smallest absolute Gasteiger partial charge is 0.161 e. The van der Waals surface area contributed by atoms with Crippen LogP contribution in [0.1, 0.15) is 11.1 Å². The van der Waals surface area contributed by atoms with Crippen molar-refractivity contribution < 1.29 is 4.39 Å². The Hall–Kier alpha value is -1.47. The summed E-state index contributed by atoms with van der Waals surface area (Å²) in [4.78, 5) is 0.157. The highest BCUT2D eigenvalue weighted by atomic mass is 79.9. The van der Waals surface area contributed by atoms with Crippen LogP contribution < -0.4 is 11.1 Å².